The van der Waals surface area contributed by atoms with E-state index in [1.165, 1.54) is 10.6 Å². The predicted molar refractivity (Wildman–Crippen MR) is 132 cm³/mol. The molecule has 0 spiro atoms. The van der Waals surface area contributed by atoms with Crippen LogP contribution in [-0.4, -0.2) is 48.1 Å². The Hall–Kier alpha value is -2.67. The molecule has 3 heterocycles. The van der Waals surface area contributed by atoms with Crippen LogP contribution in [0, 0.1) is 6.92 Å². The summed E-state index contributed by atoms with van der Waals surface area (Å²) in [4.78, 5) is 16.1. The van der Waals surface area contributed by atoms with Crippen molar-refractivity contribution >= 4 is 50.3 Å². The first-order valence-corrected chi connectivity index (χ1v) is 11.6. The maximum atomic E-state index is 6.11. The molecule has 0 amide bonds. The van der Waals surface area contributed by atoms with Gasteiger partial charge in [0.1, 0.15) is 17.0 Å². The number of aromatic nitrogens is 2. The van der Waals surface area contributed by atoms with Crippen LogP contribution in [0.15, 0.2) is 54.9 Å². The van der Waals surface area contributed by atoms with E-state index in [2.05, 4.69) is 75.5 Å². The van der Waals surface area contributed by atoms with Gasteiger partial charge < -0.3 is 15.1 Å². The molecule has 7 heteroatoms. The summed E-state index contributed by atoms with van der Waals surface area (Å²) in [6.45, 7) is 6.46. The quantitative estimate of drug-likeness (QED) is 0.425. The molecule has 4 aromatic rings. The monoisotopic (exact) mass is 449 g/mol. The first-order chi connectivity index (χ1) is 15.1. The molecule has 5 rings (SSSR count). The minimum absolute atomic E-state index is 0.732. The van der Waals surface area contributed by atoms with E-state index in [1.807, 2.05) is 12.1 Å². The van der Waals surface area contributed by atoms with E-state index in [4.69, 9.17) is 11.6 Å². The second-order valence-corrected chi connectivity index (χ2v) is 9.54. The Labute approximate surface area is 191 Å². The third-order valence-corrected chi connectivity index (χ3v) is 7.06. The molecule has 0 saturated carbocycles. The molecule has 0 radical (unpaired) electrons. The minimum atomic E-state index is 0.732. The van der Waals surface area contributed by atoms with Gasteiger partial charge in [-0.2, -0.15) is 0 Å². The van der Waals surface area contributed by atoms with Crippen molar-refractivity contribution in [3.05, 3.63) is 64.8 Å². The van der Waals surface area contributed by atoms with E-state index in [-0.39, 0.29) is 0 Å². The van der Waals surface area contributed by atoms with Crippen molar-refractivity contribution in [3.8, 4) is 11.1 Å². The summed E-state index contributed by atoms with van der Waals surface area (Å²) in [5, 5.41) is 5.31. The van der Waals surface area contributed by atoms with Gasteiger partial charge in [0.25, 0.3) is 0 Å². The van der Waals surface area contributed by atoms with Gasteiger partial charge in [-0.1, -0.05) is 23.7 Å². The van der Waals surface area contributed by atoms with Crippen LogP contribution in [0.2, 0.25) is 5.02 Å². The van der Waals surface area contributed by atoms with Crippen molar-refractivity contribution in [3.63, 3.8) is 0 Å². The van der Waals surface area contributed by atoms with Gasteiger partial charge in [-0.3, -0.25) is 0 Å². The van der Waals surface area contributed by atoms with Gasteiger partial charge in [0.2, 0.25) is 0 Å². The molecule has 1 aliphatic rings. The number of anilines is 3. The molecule has 1 N–H and O–H groups in total. The molecule has 5 nitrogen and oxygen atoms in total. The molecule has 0 atom stereocenters. The summed E-state index contributed by atoms with van der Waals surface area (Å²) < 4.78 is 0. The number of halogens is 1. The van der Waals surface area contributed by atoms with Crippen LogP contribution in [0.1, 0.15) is 4.88 Å². The van der Waals surface area contributed by atoms with Crippen LogP contribution < -0.4 is 10.2 Å². The lowest BCUT2D eigenvalue weighted by Gasteiger charge is -2.34. The van der Waals surface area contributed by atoms with E-state index in [0.717, 1.165) is 64.1 Å². The molecule has 2 aromatic heterocycles. The molecule has 0 aliphatic carbocycles. The van der Waals surface area contributed by atoms with Gasteiger partial charge in [0.15, 0.2) is 0 Å². The fourth-order valence-corrected chi connectivity index (χ4v) is 5.20. The van der Waals surface area contributed by atoms with Crippen molar-refractivity contribution in [2.75, 3.05) is 43.4 Å². The van der Waals surface area contributed by atoms with Gasteiger partial charge in [0.05, 0.1) is 5.39 Å². The Morgan fingerprint density at radius 2 is 1.65 bits per heavy atom. The number of thiophene rings is 1. The van der Waals surface area contributed by atoms with Gasteiger partial charge in [-0.25, -0.2) is 9.97 Å². The zero-order chi connectivity index (χ0) is 21.4. The fourth-order valence-electron chi connectivity index (χ4n) is 4.06. The van der Waals surface area contributed by atoms with Crippen LogP contribution in [0.3, 0.4) is 0 Å². The van der Waals surface area contributed by atoms with Crippen molar-refractivity contribution in [1.29, 1.82) is 0 Å². The number of hydrogen-bond donors (Lipinski definition) is 1. The topological polar surface area (TPSA) is 44.3 Å². The smallest absolute Gasteiger partial charge is 0.143 e. The number of nitrogens with zero attached hydrogens (tertiary/aromatic N) is 4. The summed E-state index contributed by atoms with van der Waals surface area (Å²) in [6, 6.07) is 16.6. The van der Waals surface area contributed by atoms with Gasteiger partial charge in [-0.05, 0) is 55.9 Å². The Kier molecular flexibility index (Phi) is 5.52. The number of hydrogen-bond acceptors (Lipinski definition) is 6. The standard InChI is InChI=1S/C24H24ClN5S/c1-16-21(17-3-5-18(25)6-4-17)22-23(26-15-27-24(22)31-16)28-19-7-9-20(10-8-19)30-13-11-29(2)12-14-30/h3-10,15H,11-14H2,1-2H3,(H,26,27,28). The van der Waals surface area contributed by atoms with E-state index in [1.54, 1.807) is 17.7 Å². The lowest BCUT2D eigenvalue weighted by molar-refractivity contribution is 0.313. The van der Waals surface area contributed by atoms with Gasteiger partial charge in [0, 0.05) is 53.0 Å². The largest absolute Gasteiger partial charge is 0.369 e. The van der Waals surface area contributed by atoms with Crippen molar-refractivity contribution < 1.29 is 0 Å². The van der Waals surface area contributed by atoms with Crippen molar-refractivity contribution in [2.24, 2.45) is 0 Å². The summed E-state index contributed by atoms with van der Waals surface area (Å²) in [7, 11) is 2.18. The molecule has 0 bridgehead atoms. The molecule has 1 aliphatic heterocycles. The molecular weight excluding hydrogens is 426 g/mol. The summed E-state index contributed by atoms with van der Waals surface area (Å²) in [5.41, 5.74) is 4.56. The highest BCUT2D eigenvalue weighted by Crippen LogP contribution is 2.41. The molecule has 1 saturated heterocycles. The highest BCUT2D eigenvalue weighted by molar-refractivity contribution is 7.19. The van der Waals surface area contributed by atoms with E-state index in [9.17, 15) is 0 Å². The Balaban J connectivity index is 1.46. The maximum absolute atomic E-state index is 6.11. The molecule has 31 heavy (non-hydrogen) atoms. The molecule has 158 valence electrons. The Morgan fingerprint density at radius 3 is 2.35 bits per heavy atom. The second-order valence-electron chi connectivity index (χ2n) is 7.90. The molecular formula is C24H24ClN5S. The summed E-state index contributed by atoms with van der Waals surface area (Å²) >= 11 is 7.79. The predicted octanol–water partition coefficient (Wildman–Crippen LogP) is 5.82. The Bertz CT molecular complexity index is 1200. The van der Waals surface area contributed by atoms with E-state index >= 15 is 0 Å². The van der Waals surface area contributed by atoms with Crippen LogP contribution in [0.4, 0.5) is 17.2 Å². The zero-order valence-corrected chi connectivity index (χ0v) is 19.2. The summed E-state index contributed by atoms with van der Waals surface area (Å²) in [5.74, 6) is 0.826. The number of nitrogens with one attached hydrogen (secondary N) is 1. The average molecular weight is 450 g/mol. The van der Waals surface area contributed by atoms with E-state index in [0.29, 0.717) is 0 Å². The SMILES string of the molecule is Cc1sc2ncnc(Nc3ccc(N4CCN(C)CC4)cc3)c2c1-c1ccc(Cl)cc1. The maximum Gasteiger partial charge on any atom is 0.143 e. The highest BCUT2D eigenvalue weighted by Gasteiger charge is 2.18. The highest BCUT2D eigenvalue weighted by atomic mass is 35.5. The van der Waals surface area contributed by atoms with E-state index < -0.39 is 0 Å². The van der Waals surface area contributed by atoms with Crippen molar-refractivity contribution in [2.45, 2.75) is 6.92 Å². The zero-order valence-electron chi connectivity index (χ0n) is 17.6. The number of aryl methyl sites for hydroxylation is 1. The first kappa shape index (κ1) is 20.2. The first-order valence-electron chi connectivity index (χ1n) is 10.4. The van der Waals surface area contributed by atoms with Crippen LogP contribution in [0.5, 0.6) is 0 Å². The van der Waals surface area contributed by atoms with Crippen LogP contribution >= 0.6 is 22.9 Å². The number of rotatable bonds is 4. The number of piperazine rings is 1. The lowest BCUT2D eigenvalue weighted by atomic mass is 10.0. The second kappa shape index (κ2) is 8.46. The molecule has 1 fully saturated rings. The molecule has 2 aromatic carbocycles. The number of fused-ring (bicyclic) bond motifs is 1. The number of likely N-dealkylation sites (N-methyl/N-ethyl adjacent to an activating group) is 1. The normalized spacial score (nSPS) is 14.9. The number of benzene rings is 2. The van der Waals surface area contributed by atoms with Gasteiger partial charge in [-0.15, -0.1) is 11.3 Å². The average Bonchev–Trinajstić information content (AvgIpc) is 3.12. The van der Waals surface area contributed by atoms with Crippen LogP contribution in [0.25, 0.3) is 21.3 Å². The minimum Gasteiger partial charge on any atom is -0.369 e. The fraction of sp³-hybridized carbons (Fsp3) is 0.250. The lowest BCUT2D eigenvalue weighted by Crippen LogP contribution is -2.44. The summed E-state index contributed by atoms with van der Waals surface area (Å²) in [6.07, 6.45) is 1.63. The van der Waals surface area contributed by atoms with Gasteiger partial charge >= 0.3 is 0 Å². The molecule has 0 unspecified atom stereocenters. The third-order valence-electron chi connectivity index (χ3n) is 5.80. The van der Waals surface area contributed by atoms with Crippen LogP contribution in [-0.2, 0) is 0 Å². The van der Waals surface area contributed by atoms with Crippen molar-refractivity contribution in [1.82, 2.24) is 14.9 Å². The third kappa shape index (κ3) is 4.11. The Morgan fingerprint density at radius 1 is 0.935 bits per heavy atom.